The summed E-state index contributed by atoms with van der Waals surface area (Å²) in [6.07, 6.45) is 1.47. The Kier molecular flexibility index (Phi) is 7.40. The molecule has 31 heavy (non-hydrogen) atoms. The fourth-order valence-electron chi connectivity index (χ4n) is 2.71. The number of carboxylic acid groups (broad SMARTS) is 1. The van der Waals surface area contributed by atoms with Crippen LogP contribution in [0.3, 0.4) is 0 Å². The van der Waals surface area contributed by atoms with E-state index in [0.29, 0.717) is 27.1 Å². The molecule has 8 heteroatoms. The SMILES string of the molecule is COc1cccc(/C=N\NC(=O)c2ccccc2Br)c1OCc1ccc(C(=O)O)cc1. The number of halogens is 1. The topological polar surface area (TPSA) is 97.2 Å². The third-order valence-electron chi connectivity index (χ3n) is 4.30. The summed E-state index contributed by atoms with van der Waals surface area (Å²) in [5.74, 6) is -0.387. The lowest BCUT2D eigenvalue weighted by molar-refractivity contribution is 0.0696. The molecule has 3 aromatic rings. The Labute approximate surface area is 187 Å². The molecule has 158 valence electrons. The normalized spacial score (nSPS) is 10.6. The van der Waals surface area contributed by atoms with E-state index in [-0.39, 0.29) is 18.1 Å². The van der Waals surface area contributed by atoms with Crippen molar-refractivity contribution in [3.05, 3.63) is 93.5 Å². The van der Waals surface area contributed by atoms with Gasteiger partial charge in [0.05, 0.1) is 24.5 Å². The van der Waals surface area contributed by atoms with Gasteiger partial charge in [0, 0.05) is 10.0 Å². The predicted octanol–water partition coefficient (Wildman–Crippen LogP) is 4.50. The van der Waals surface area contributed by atoms with E-state index in [9.17, 15) is 9.59 Å². The Morgan fingerprint density at radius 2 is 1.81 bits per heavy atom. The molecule has 0 saturated carbocycles. The number of nitrogens with one attached hydrogen (secondary N) is 1. The van der Waals surface area contributed by atoms with E-state index in [1.54, 1.807) is 48.5 Å². The van der Waals surface area contributed by atoms with E-state index in [1.165, 1.54) is 25.5 Å². The number of aromatic carboxylic acids is 1. The van der Waals surface area contributed by atoms with Gasteiger partial charge >= 0.3 is 5.97 Å². The van der Waals surface area contributed by atoms with Gasteiger partial charge in [0.25, 0.3) is 5.91 Å². The molecule has 0 radical (unpaired) electrons. The highest BCUT2D eigenvalue weighted by Crippen LogP contribution is 2.31. The molecule has 3 rings (SSSR count). The van der Waals surface area contributed by atoms with Crippen molar-refractivity contribution in [2.45, 2.75) is 6.61 Å². The Morgan fingerprint density at radius 3 is 2.48 bits per heavy atom. The number of para-hydroxylation sites is 1. The van der Waals surface area contributed by atoms with Crippen LogP contribution >= 0.6 is 15.9 Å². The van der Waals surface area contributed by atoms with E-state index < -0.39 is 5.97 Å². The van der Waals surface area contributed by atoms with E-state index in [2.05, 4.69) is 26.5 Å². The quantitative estimate of drug-likeness (QED) is 0.363. The highest BCUT2D eigenvalue weighted by Gasteiger charge is 2.11. The number of carboxylic acids is 1. The molecule has 0 heterocycles. The Hall–Kier alpha value is -3.65. The maximum atomic E-state index is 12.3. The number of nitrogens with zero attached hydrogens (tertiary/aromatic N) is 1. The Balaban J connectivity index is 1.74. The number of methoxy groups -OCH3 is 1. The smallest absolute Gasteiger partial charge is 0.335 e. The van der Waals surface area contributed by atoms with Crippen molar-refractivity contribution in [3.63, 3.8) is 0 Å². The average molecular weight is 483 g/mol. The molecule has 3 aromatic carbocycles. The van der Waals surface area contributed by atoms with Crippen LogP contribution in [-0.2, 0) is 6.61 Å². The fourth-order valence-corrected chi connectivity index (χ4v) is 3.18. The number of amides is 1. The van der Waals surface area contributed by atoms with Crippen molar-refractivity contribution in [3.8, 4) is 11.5 Å². The van der Waals surface area contributed by atoms with Crippen molar-refractivity contribution in [1.29, 1.82) is 0 Å². The van der Waals surface area contributed by atoms with Crippen molar-refractivity contribution in [2.75, 3.05) is 7.11 Å². The second kappa shape index (κ2) is 10.4. The highest BCUT2D eigenvalue weighted by molar-refractivity contribution is 9.10. The van der Waals surface area contributed by atoms with Gasteiger partial charge in [-0.05, 0) is 57.9 Å². The summed E-state index contributed by atoms with van der Waals surface area (Å²) in [6.45, 7) is 0.199. The van der Waals surface area contributed by atoms with Gasteiger partial charge in [0.15, 0.2) is 11.5 Å². The third-order valence-corrected chi connectivity index (χ3v) is 4.99. The molecule has 0 unspecified atom stereocenters. The zero-order valence-corrected chi connectivity index (χ0v) is 18.1. The van der Waals surface area contributed by atoms with Crippen LogP contribution < -0.4 is 14.9 Å². The fraction of sp³-hybridized carbons (Fsp3) is 0.0870. The number of carbonyl (C=O) groups is 2. The van der Waals surface area contributed by atoms with Gasteiger partial charge in [0.2, 0.25) is 0 Å². The molecule has 0 atom stereocenters. The first kappa shape index (κ1) is 22.0. The van der Waals surface area contributed by atoms with Crippen LogP contribution in [0, 0.1) is 0 Å². The first-order chi connectivity index (χ1) is 15.0. The lowest BCUT2D eigenvalue weighted by Gasteiger charge is -2.13. The summed E-state index contributed by atoms with van der Waals surface area (Å²) in [5, 5.41) is 13.0. The summed E-state index contributed by atoms with van der Waals surface area (Å²) in [7, 11) is 1.53. The minimum atomic E-state index is -0.986. The molecule has 7 nitrogen and oxygen atoms in total. The first-order valence-electron chi connectivity index (χ1n) is 9.19. The molecule has 0 aliphatic heterocycles. The number of benzene rings is 3. The van der Waals surface area contributed by atoms with Crippen molar-refractivity contribution >= 4 is 34.0 Å². The average Bonchev–Trinajstić information content (AvgIpc) is 2.78. The maximum Gasteiger partial charge on any atom is 0.335 e. The van der Waals surface area contributed by atoms with Gasteiger partial charge in [-0.3, -0.25) is 4.79 Å². The number of hydrogen-bond acceptors (Lipinski definition) is 5. The van der Waals surface area contributed by atoms with Crippen molar-refractivity contribution in [2.24, 2.45) is 5.10 Å². The number of hydrogen-bond donors (Lipinski definition) is 2. The molecule has 1 amide bonds. The summed E-state index contributed by atoms with van der Waals surface area (Å²) < 4.78 is 12.0. The molecule has 0 bridgehead atoms. The second-order valence-corrected chi connectivity index (χ2v) is 7.20. The van der Waals surface area contributed by atoms with E-state index in [1.807, 2.05) is 6.07 Å². The van der Waals surface area contributed by atoms with Crippen LogP contribution in [-0.4, -0.2) is 30.3 Å². The van der Waals surface area contributed by atoms with Crippen LogP contribution in [0.2, 0.25) is 0 Å². The van der Waals surface area contributed by atoms with E-state index in [4.69, 9.17) is 14.6 Å². The number of carbonyl (C=O) groups excluding carboxylic acids is 1. The maximum absolute atomic E-state index is 12.3. The Morgan fingerprint density at radius 1 is 1.06 bits per heavy atom. The molecular weight excluding hydrogens is 464 g/mol. The van der Waals surface area contributed by atoms with Crippen LogP contribution in [0.25, 0.3) is 0 Å². The minimum Gasteiger partial charge on any atom is -0.493 e. The van der Waals surface area contributed by atoms with Gasteiger partial charge in [-0.15, -0.1) is 0 Å². The van der Waals surface area contributed by atoms with Crippen molar-refractivity contribution in [1.82, 2.24) is 5.43 Å². The van der Waals surface area contributed by atoms with Gasteiger partial charge in [-0.2, -0.15) is 5.10 Å². The highest BCUT2D eigenvalue weighted by atomic mass is 79.9. The van der Waals surface area contributed by atoms with Gasteiger partial charge < -0.3 is 14.6 Å². The standard InChI is InChI=1S/C23H19BrN2O5/c1-30-20-8-4-5-17(13-25-26-22(27)18-6-2-3-7-19(18)24)21(20)31-14-15-9-11-16(12-10-15)23(28)29/h2-13H,14H2,1H3,(H,26,27)(H,28,29)/b25-13-. The molecule has 0 aliphatic carbocycles. The summed E-state index contributed by atoms with van der Waals surface area (Å²) in [6, 6.07) is 18.8. The van der Waals surface area contributed by atoms with Gasteiger partial charge in [-0.25, -0.2) is 10.2 Å². The lowest BCUT2D eigenvalue weighted by atomic mass is 10.1. The van der Waals surface area contributed by atoms with Crippen LogP contribution in [0.5, 0.6) is 11.5 Å². The first-order valence-corrected chi connectivity index (χ1v) is 9.99. The van der Waals surface area contributed by atoms with Crippen molar-refractivity contribution < 1.29 is 24.2 Å². The summed E-state index contributed by atoms with van der Waals surface area (Å²) in [5.41, 5.74) is 4.56. The monoisotopic (exact) mass is 482 g/mol. The Bertz CT molecular complexity index is 1110. The second-order valence-electron chi connectivity index (χ2n) is 6.35. The predicted molar refractivity (Wildman–Crippen MR) is 120 cm³/mol. The summed E-state index contributed by atoms with van der Waals surface area (Å²) >= 11 is 3.34. The summed E-state index contributed by atoms with van der Waals surface area (Å²) in [4.78, 5) is 23.3. The van der Waals surface area contributed by atoms with E-state index in [0.717, 1.165) is 5.56 Å². The zero-order valence-electron chi connectivity index (χ0n) is 16.5. The van der Waals surface area contributed by atoms with Crippen LogP contribution in [0.1, 0.15) is 31.8 Å². The number of rotatable bonds is 8. The largest absolute Gasteiger partial charge is 0.493 e. The van der Waals surface area contributed by atoms with Gasteiger partial charge in [0.1, 0.15) is 6.61 Å². The molecule has 0 aromatic heterocycles. The number of ether oxygens (including phenoxy) is 2. The van der Waals surface area contributed by atoms with Gasteiger partial charge in [-0.1, -0.05) is 30.3 Å². The van der Waals surface area contributed by atoms with E-state index >= 15 is 0 Å². The molecule has 0 fully saturated rings. The molecule has 2 N–H and O–H groups in total. The zero-order chi connectivity index (χ0) is 22.2. The molecule has 0 saturated heterocycles. The minimum absolute atomic E-state index is 0.199. The number of hydrazone groups is 1. The molecular formula is C23H19BrN2O5. The molecule has 0 spiro atoms. The third kappa shape index (κ3) is 5.70. The molecule has 0 aliphatic rings. The lowest BCUT2D eigenvalue weighted by Crippen LogP contribution is -2.18. The van der Waals surface area contributed by atoms with Crippen LogP contribution in [0.4, 0.5) is 0 Å². The van der Waals surface area contributed by atoms with Crippen LogP contribution in [0.15, 0.2) is 76.3 Å².